The van der Waals surface area contributed by atoms with Crippen LogP contribution in [0.25, 0.3) is 5.95 Å². The lowest BCUT2D eigenvalue weighted by Crippen LogP contribution is -2.34. The highest BCUT2D eigenvalue weighted by molar-refractivity contribution is 5.57. The quantitative estimate of drug-likeness (QED) is 0.554. The maximum Gasteiger partial charge on any atom is 0.408 e. The van der Waals surface area contributed by atoms with Gasteiger partial charge in [0, 0.05) is 11.9 Å². The molecule has 0 radical (unpaired) electrons. The van der Waals surface area contributed by atoms with Gasteiger partial charge in [-0.05, 0) is 31.2 Å². The van der Waals surface area contributed by atoms with Crippen LogP contribution in [0.5, 0.6) is 0 Å². The summed E-state index contributed by atoms with van der Waals surface area (Å²) in [6.45, 7) is 0.825. The van der Waals surface area contributed by atoms with Gasteiger partial charge in [0.1, 0.15) is 17.6 Å². The predicted octanol–water partition coefficient (Wildman–Crippen LogP) is 4.11. The highest BCUT2D eigenvalue weighted by Crippen LogP contribution is 2.24. The van der Waals surface area contributed by atoms with Gasteiger partial charge in [0.05, 0.1) is 11.6 Å². The molecule has 162 valence electrons. The molecule has 2 N–H and O–H groups in total. The summed E-state index contributed by atoms with van der Waals surface area (Å²) >= 11 is 0. The summed E-state index contributed by atoms with van der Waals surface area (Å²) in [5.41, 5.74) is -0.608. The van der Waals surface area contributed by atoms with Crippen LogP contribution in [0, 0.1) is 17.1 Å². The number of nitrogens with one attached hydrogen (secondary N) is 2. The van der Waals surface area contributed by atoms with Gasteiger partial charge in [-0.1, -0.05) is 0 Å². The summed E-state index contributed by atoms with van der Waals surface area (Å²) in [7, 11) is 0. The van der Waals surface area contributed by atoms with Crippen LogP contribution in [0.2, 0.25) is 0 Å². The topological polar surface area (TPSA) is 104 Å². The van der Waals surface area contributed by atoms with Crippen LogP contribution < -0.4 is 10.6 Å². The Morgan fingerprint density at radius 3 is 2.42 bits per heavy atom. The van der Waals surface area contributed by atoms with Crippen molar-refractivity contribution in [2.24, 2.45) is 0 Å². The lowest BCUT2D eigenvalue weighted by atomic mass is 10.2. The first-order valence-electron chi connectivity index (χ1n) is 8.46. The Balaban J connectivity index is 2.02. The molecular formula is C17H12F6N8. The summed E-state index contributed by atoms with van der Waals surface area (Å²) in [5, 5.41) is 17.1. The minimum atomic E-state index is -4.63. The maximum absolute atomic E-state index is 13.7. The zero-order chi connectivity index (χ0) is 22.8. The Bertz CT molecular complexity index is 1120. The molecule has 0 aliphatic heterocycles. The van der Waals surface area contributed by atoms with Crippen molar-refractivity contribution in [2.75, 3.05) is 10.6 Å². The normalized spacial score (nSPS) is 12.5. The molecule has 0 saturated heterocycles. The van der Waals surface area contributed by atoms with Gasteiger partial charge in [-0.25, -0.2) is 17.9 Å². The summed E-state index contributed by atoms with van der Waals surface area (Å²) in [4.78, 5) is 11.5. The number of aromatic nitrogens is 5. The van der Waals surface area contributed by atoms with Crippen LogP contribution in [0.4, 0.5) is 43.9 Å². The first-order chi connectivity index (χ1) is 14.5. The Labute approximate surface area is 170 Å². The van der Waals surface area contributed by atoms with E-state index in [1.807, 2.05) is 5.32 Å². The zero-order valence-electron chi connectivity index (χ0n) is 15.5. The number of halogens is 6. The van der Waals surface area contributed by atoms with Gasteiger partial charge in [0.2, 0.25) is 11.9 Å². The van der Waals surface area contributed by atoms with Gasteiger partial charge in [-0.2, -0.15) is 38.5 Å². The molecule has 0 spiro atoms. The Kier molecular flexibility index (Phi) is 5.95. The molecule has 1 atom stereocenters. The second-order valence-corrected chi connectivity index (χ2v) is 6.14. The SMILES string of the molecule is CC(Nc1nc(Nc2cc(F)cc(C#N)c2)nc(-n2ccc(C(F)F)n2)n1)C(F)(F)F. The van der Waals surface area contributed by atoms with E-state index in [4.69, 9.17) is 5.26 Å². The summed E-state index contributed by atoms with van der Waals surface area (Å²) in [5.74, 6) is -2.01. The number of alkyl halides is 5. The third-order valence-electron chi connectivity index (χ3n) is 3.78. The molecule has 3 rings (SSSR count). The average Bonchev–Trinajstić information content (AvgIpc) is 3.17. The van der Waals surface area contributed by atoms with E-state index >= 15 is 0 Å². The third-order valence-corrected chi connectivity index (χ3v) is 3.78. The summed E-state index contributed by atoms with van der Waals surface area (Å²) in [6.07, 6.45) is -6.42. The predicted molar refractivity (Wildman–Crippen MR) is 95.4 cm³/mol. The van der Waals surface area contributed by atoms with Gasteiger partial charge in [0.15, 0.2) is 0 Å². The van der Waals surface area contributed by atoms with E-state index in [9.17, 15) is 26.3 Å². The van der Waals surface area contributed by atoms with Gasteiger partial charge in [-0.15, -0.1) is 0 Å². The molecule has 14 heteroatoms. The standard InChI is InChI=1S/C17H12F6N8/c1-8(17(21,22)23)25-14-27-15(26-11-5-9(7-24)4-10(18)6-11)29-16(28-14)31-3-2-12(30-31)13(19)20/h2-6,8,13H,1H3,(H2,25,26,27,28,29). The van der Waals surface area contributed by atoms with Crippen molar-refractivity contribution >= 4 is 17.6 Å². The minimum Gasteiger partial charge on any atom is -0.343 e. The lowest BCUT2D eigenvalue weighted by molar-refractivity contribution is -0.138. The number of nitrogens with zero attached hydrogens (tertiary/aromatic N) is 6. The summed E-state index contributed by atoms with van der Waals surface area (Å²) in [6, 6.07) is 3.90. The molecule has 0 amide bonds. The van der Waals surface area contributed by atoms with Crippen LogP contribution in [0.15, 0.2) is 30.5 Å². The van der Waals surface area contributed by atoms with Gasteiger partial charge in [0.25, 0.3) is 12.4 Å². The van der Waals surface area contributed by atoms with Crippen molar-refractivity contribution in [3.05, 3.63) is 47.5 Å². The molecule has 0 bridgehead atoms. The molecule has 1 unspecified atom stereocenters. The third kappa shape index (κ3) is 5.38. The van der Waals surface area contributed by atoms with E-state index in [2.05, 4.69) is 25.4 Å². The Morgan fingerprint density at radius 1 is 1.10 bits per heavy atom. The second-order valence-electron chi connectivity index (χ2n) is 6.14. The molecule has 0 aliphatic rings. The number of benzene rings is 1. The van der Waals surface area contributed by atoms with E-state index < -0.39 is 36.1 Å². The van der Waals surface area contributed by atoms with Crippen molar-refractivity contribution in [1.82, 2.24) is 24.7 Å². The van der Waals surface area contributed by atoms with Gasteiger partial charge < -0.3 is 10.6 Å². The molecular weight excluding hydrogens is 430 g/mol. The van der Waals surface area contributed by atoms with Crippen LogP contribution >= 0.6 is 0 Å². The molecule has 8 nitrogen and oxygen atoms in total. The largest absolute Gasteiger partial charge is 0.408 e. The fourth-order valence-electron chi connectivity index (χ4n) is 2.28. The van der Waals surface area contributed by atoms with Crippen LogP contribution in [-0.4, -0.2) is 37.0 Å². The number of hydrogen-bond acceptors (Lipinski definition) is 7. The average molecular weight is 442 g/mol. The van der Waals surface area contributed by atoms with Crippen LogP contribution in [-0.2, 0) is 0 Å². The van der Waals surface area contributed by atoms with E-state index in [0.29, 0.717) is 0 Å². The molecule has 0 aliphatic carbocycles. The van der Waals surface area contributed by atoms with Gasteiger partial charge >= 0.3 is 6.18 Å². The monoisotopic (exact) mass is 442 g/mol. The molecule has 31 heavy (non-hydrogen) atoms. The van der Waals surface area contributed by atoms with Crippen LogP contribution in [0.1, 0.15) is 24.6 Å². The fraction of sp³-hybridized carbons (Fsp3) is 0.235. The molecule has 3 aromatic rings. The molecule has 2 aromatic heterocycles. The number of rotatable bonds is 6. The molecule has 0 fully saturated rings. The van der Waals surface area contributed by atoms with Gasteiger partial charge in [-0.3, -0.25) is 0 Å². The van der Waals surface area contributed by atoms with Crippen molar-refractivity contribution in [3.63, 3.8) is 0 Å². The first-order valence-corrected chi connectivity index (χ1v) is 8.46. The van der Waals surface area contributed by atoms with E-state index in [0.717, 1.165) is 36.0 Å². The highest BCUT2D eigenvalue weighted by Gasteiger charge is 2.36. The lowest BCUT2D eigenvalue weighted by Gasteiger charge is -2.17. The minimum absolute atomic E-state index is 0.0252. The fourth-order valence-corrected chi connectivity index (χ4v) is 2.28. The maximum atomic E-state index is 13.7. The Morgan fingerprint density at radius 2 is 1.81 bits per heavy atom. The number of anilines is 3. The Hall–Kier alpha value is -3.89. The molecule has 1 aromatic carbocycles. The highest BCUT2D eigenvalue weighted by atomic mass is 19.4. The van der Waals surface area contributed by atoms with Crippen molar-refractivity contribution in [2.45, 2.75) is 25.6 Å². The smallest absolute Gasteiger partial charge is 0.343 e. The van der Waals surface area contributed by atoms with E-state index in [-0.39, 0.29) is 23.1 Å². The summed E-state index contributed by atoms with van der Waals surface area (Å²) < 4.78 is 78.8. The first kappa shape index (κ1) is 21.8. The van der Waals surface area contributed by atoms with E-state index in [1.54, 1.807) is 6.07 Å². The number of nitriles is 1. The van der Waals surface area contributed by atoms with Crippen molar-refractivity contribution in [1.29, 1.82) is 5.26 Å². The zero-order valence-corrected chi connectivity index (χ0v) is 15.5. The molecule has 0 saturated carbocycles. The molecule has 2 heterocycles. The van der Waals surface area contributed by atoms with Crippen LogP contribution in [0.3, 0.4) is 0 Å². The van der Waals surface area contributed by atoms with Crippen molar-refractivity contribution in [3.8, 4) is 12.0 Å². The number of hydrogen-bond donors (Lipinski definition) is 2. The van der Waals surface area contributed by atoms with E-state index in [1.165, 1.54) is 6.07 Å². The second kappa shape index (κ2) is 8.46. The van der Waals surface area contributed by atoms with Crippen molar-refractivity contribution < 1.29 is 26.3 Å².